The highest BCUT2D eigenvalue weighted by molar-refractivity contribution is 7.74. The van der Waals surface area contributed by atoms with Crippen LogP contribution in [0.15, 0.2) is 65.1 Å². The van der Waals surface area contributed by atoms with Gasteiger partial charge in [-0.1, -0.05) is 48.5 Å². The highest BCUT2D eigenvalue weighted by Crippen LogP contribution is 2.47. The van der Waals surface area contributed by atoms with Crippen molar-refractivity contribution in [1.82, 2.24) is 4.98 Å². The van der Waals surface area contributed by atoms with E-state index in [0.29, 0.717) is 55.4 Å². The molecule has 0 aliphatic carbocycles. The first-order valence-corrected chi connectivity index (χ1v) is 11.7. The molecule has 3 aromatic rings. The molecule has 2 aromatic carbocycles. The molecule has 0 bridgehead atoms. The van der Waals surface area contributed by atoms with Crippen LogP contribution in [-0.2, 0) is 13.8 Å². The number of rotatable bonds is 7. The third kappa shape index (κ3) is 4.41. The van der Waals surface area contributed by atoms with Gasteiger partial charge in [-0.3, -0.25) is 4.57 Å². The Morgan fingerprint density at radius 2 is 1.70 bits per heavy atom. The van der Waals surface area contributed by atoms with Gasteiger partial charge in [0.25, 0.3) is 7.37 Å². The smallest absolute Gasteiger partial charge is 0.284 e. The molecule has 7 heteroatoms. The van der Waals surface area contributed by atoms with Gasteiger partial charge in [0, 0.05) is 24.5 Å². The molecule has 1 aromatic heterocycles. The Morgan fingerprint density at radius 1 is 1.03 bits per heavy atom. The molecule has 4 rings (SSSR count). The topological polar surface area (TPSA) is 64.8 Å². The molecule has 0 spiro atoms. The SMILES string of the molecule is CCO[P@@](=O)(c1ccccc1)c1nc(/C=C/c2ccccc2)oc1N1CCOCC1. The summed E-state index contributed by atoms with van der Waals surface area (Å²) in [4.78, 5) is 6.67. The maximum atomic E-state index is 14.1. The molecular weight excluding hydrogens is 399 g/mol. The summed E-state index contributed by atoms with van der Waals surface area (Å²) in [7, 11) is -3.42. The number of oxazole rings is 1. The normalized spacial score (nSPS) is 16.6. The van der Waals surface area contributed by atoms with Crippen molar-refractivity contribution < 1.29 is 18.2 Å². The largest absolute Gasteiger partial charge is 0.420 e. The summed E-state index contributed by atoms with van der Waals surface area (Å²) in [6.07, 6.45) is 3.72. The Bertz CT molecular complexity index is 1030. The van der Waals surface area contributed by atoms with E-state index < -0.39 is 7.37 Å². The van der Waals surface area contributed by atoms with Crippen molar-refractivity contribution in [1.29, 1.82) is 0 Å². The van der Waals surface area contributed by atoms with Gasteiger partial charge in [-0.2, -0.15) is 0 Å². The zero-order valence-electron chi connectivity index (χ0n) is 16.9. The van der Waals surface area contributed by atoms with E-state index in [1.165, 1.54) is 0 Å². The lowest BCUT2D eigenvalue weighted by molar-refractivity contribution is 0.121. The summed E-state index contributed by atoms with van der Waals surface area (Å²) in [5.74, 6) is 0.887. The van der Waals surface area contributed by atoms with Gasteiger partial charge in [-0.05, 0) is 30.7 Å². The summed E-state index contributed by atoms with van der Waals surface area (Å²) in [5, 5.41) is 0.605. The Hall–Kier alpha value is -2.66. The summed E-state index contributed by atoms with van der Waals surface area (Å²) < 4.78 is 31.6. The first-order valence-electron chi connectivity index (χ1n) is 10.1. The van der Waals surface area contributed by atoms with Crippen molar-refractivity contribution in [2.45, 2.75) is 6.92 Å². The molecule has 0 saturated carbocycles. The van der Waals surface area contributed by atoms with Crippen LogP contribution >= 0.6 is 7.37 Å². The molecule has 2 heterocycles. The monoisotopic (exact) mass is 424 g/mol. The molecule has 1 aliphatic rings. The number of anilines is 1. The van der Waals surface area contributed by atoms with Gasteiger partial charge < -0.3 is 18.6 Å². The zero-order chi connectivity index (χ0) is 20.8. The van der Waals surface area contributed by atoms with Gasteiger partial charge in [0.2, 0.25) is 11.8 Å². The molecule has 0 radical (unpaired) electrons. The van der Waals surface area contributed by atoms with Gasteiger partial charge >= 0.3 is 0 Å². The van der Waals surface area contributed by atoms with Crippen molar-refractivity contribution in [3.8, 4) is 0 Å². The fraction of sp³-hybridized carbons (Fsp3) is 0.261. The second-order valence-electron chi connectivity index (χ2n) is 6.83. The second kappa shape index (κ2) is 9.43. The number of hydrogen-bond acceptors (Lipinski definition) is 6. The predicted octanol–water partition coefficient (Wildman–Crippen LogP) is 3.95. The van der Waals surface area contributed by atoms with Crippen molar-refractivity contribution in [3.63, 3.8) is 0 Å². The Balaban J connectivity index is 1.78. The second-order valence-corrected chi connectivity index (χ2v) is 9.13. The third-order valence-corrected chi connectivity index (χ3v) is 7.26. The minimum Gasteiger partial charge on any atom is -0.420 e. The lowest BCUT2D eigenvalue weighted by atomic mass is 10.2. The van der Waals surface area contributed by atoms with E-state index in [0.717, 1.165) is 5.56 Å². The summed E-state index contributed by atoms with van der Waals surface area (Å²) in [5.41, 5.74) is 1.38. The first-order chi connectivity index (χ1) is 14.7. The van der Waals surface area contributed by atoms with Crippen molar-refractivity contribution in [3.05, 3.63) is 72.1 Å². The van der Waals surface area contributed by atoms with E-state index in [-0.39, 0.29) is 0 Å². The van der Waals surface area contributed by atoms with E-state index >= 15 is 0 Å². The standard InChI is InChI=1S/C23H25N2O4P/c1-2-28-30(26,20-11-7-4-8-12-20)22-23(25-15-17-27-18-16-25)29-21(24-22)14-13-19-9-5-3-6-10-19/h3-14H,2,15-18H2,1H3/b14-13+/t30-/m0/s1. The van der Waals surface area contributed by atoms with Gasteiger partial charge in [-0.15, -0.1) is 0 Å². The molecule has 0 unspecified atom stereocenters. The quantitative estimate of drug-likeness (QED) is 0.535. The van der Waals surface area contributed by atoms with Crippen molar-refractivity contribution >= 4 is 36.1 Å². The maximum Gasteiger partial charge on any atom is 0.284 e. The maximum absolute atomic E-state index is 14.1. The Morgan fingerprint density at radius 3 is 2.37 bits per heavy atom. The lowest BCUT2D eigenvalue weighted by Gasteiger charge is -2.28. The number of nitrogens with zero attached hydrogens (tertiary/aromatic N) is 2. The molecule has 30 heavy (non-hydrogen) atoms. The van der Waals surface area contributed by atoms with Crippen LogP contribution in [0, 0.1) is 0 Å². The van der Waals surface area contributed by atoms with Crippen LogP contribution in [0.3, 0.4) is 0 Å². The van der Waals surface area contributed by atoms with Gasteiger partial charge in [-0.25, -0.2) is 4.98 Å². The van der Waals surface area contributed by atoms with E-state index in [1.54, 1.807) is 6.08 Å². The zero-order valence-corrected chi connectivity index (χ0v) is 17.8. The predicted molar refractivity (Wildman–Crippen MR) is 120 cm³/mol. The molecule has 0 amide bonds. The molecule has 1 fully saturated rings. The molecule has 0 N–H and O–H groups in total. The van der Waals surface area contributed by atoms with Crippen LogP contribution in [-0.4, -0.2) is 37.9 Å². The van der Waals surface area contributed by atoms with E-state index in [2.05, 4.69) is 4.98 Å². The number of hydrogen-bond donors (Lipinski definition) is 0. The molecule has 6 nitrogen and oxygen atoms in total. The summed E-state index contributed by atoms with van der Waals surface area (Å²) in [6, 6.07) is 19.1. The number of morpholine rings is 1. The first kappa shape index (κ1) is 20.6. The van der Waals surface area contributed by atoms with Gasteiger partial charge in [0.1, 0.15) is 0 Å². The number of benzene rings is 2. The van der Waals surface area contributed by atoms with E-state index in [4.69, 9.17) is 13.7 Å². The minimum atomic E-state index is -3.42. The van der Waals surface area contributed by atoms with Crippen molar-refractivity contribution in [2.24, 2.45) is 0 Å². The van der Waals surface area contributed by atoms with E-state index in [9.17, 15) is 4.57 Å². The summed E-state index contributed by atoms with van der Waals surface area (Å²) in [6.45, 7) is 4.59. The van der Waals surface area contributed by atoms with Gasteiger partial charge in [0.05, 0.1) is 19.8 Å². The fourth-order valence-electron chi connectivity index (χ4n) is 3.35. The van der Waals surface area contributed by atoms with Crippen LogP contribution in [0.5, 0.6) is 0 Å². The molecular formula is C23H25N2O4P. The number of aromatic nitrogens is 1. The lowest BCUT2D eigenvalue weighted by Crippen LogP contribution is -2.39. The molecule has 1 atom stereocenters. The minimum absolute atomic E-state index is 0.302. The van der Waals surface area contributed by atoms with Crippen molar-refractivity contribution in [2.75, 3.05) is 37.8 Å². The van der Waals surface area contributed by atoms with Crippen LogP contribution in [0.1, 0.15) is 18.4 Å². The Labute approximate surface area is 176 Å². The molecule has 1 saturated heterocycles. The fourth-order valence-corrected chi connectivity index (χ4v) is 5.46. The van der Waals surface area contributed by atoms with Crippen LogP contribution < -0.4 is 15.6 Å². The van der Waals surface area contributed by atoms with Crippen LogP contribution in [0.2, 0.25) is 0 Å². The average molecular weight is 424 g/mol. The number of ether oxygens (including phenoxy) is 1. The summed E-state index contributed by atoms with van der Waals surface area (Å²) >= 11 is 0. The van der Waals surface area contributed by atoms with Crippen LogP contribution in [0.25, 0.3) is 12.2 Å². The highest BCUT2D eigenvalue weighted by atomic mass is 31.2. The van der Waals surface area contributed by atoms with Gasteiger partial charge in [0.15, 0.2) is 5.44 Å². The molecule has 156 valence electrons. The average Bonchev–Trinajstić information content (AvgIpc) is 3.25. The van der Waals surface area contributed by atoms with Crippen LogP contribution in [0.4, 0.5) is 5.88 Å². The molecule has 1 aliphatic heterocycles. The van der Waals surface area contributed by atoms with E-state index in [1.807, 2.05) is 78.6 Å². The Kier molecular flexibility index (Phi) is 6.48. The highest BCUT2D eigenvalue weighted by Gasteiger charge is 2.37. The third-order valence-electron chi connectivity index (χ3n) is 4.81.